The lowest BCUT2D eigenvalue weighted by atomic mass is 9.98. The van der Waals surface area contributed by atoms with Crippen LogP contribution in [0.3, 0.4) is 0 Å². The fourth-order valence-corrected chi connectivity index (χ4v) is 4.00. The van der Waals surface area contributed by atoms with Crippen LogP contribution < -0.4 is 21.7 Å². The maximum absolute atomic E-state index is 13.4. The highest BCUT2D eigenvalue weighted by Crippen LogP contribution is 2.19. The standard InChI is InChI=1S/C26H37N5O8/c1-4-13(2)21(26(38)39)30-25(37)22(14(3)32)31-24(36)19(29-23(35)17(27)9-10-20(33)34)11-15-12-28-18-8-6-5-7-16(15)18/h5-8,12-14,17,19,21-22,28,32H,4,9-11,27H2,1-3H3,(H,29,35)(H,30,37)(H,31,36)(H,33,34)(H,38,39). The largest absolute Gasteiger partial charge is 0.481 e. The molecule has 3 amide bonds. The first kappa shape index (κ1) is 31.2. The van der Waals surface area contributed by atoms with E-state index in [0.717, 1.165) is 10.9 Å². The third-order valence-electron chi connectivity index (χ3n) is 6.58. The fraction of sp³-hybridized carbons (Fsp3) is 0.500. The van der Waals surface area contributed by atoms with E-state index in [4.69, 9.17) is 10.8 Å². The lowest BCUT2D eigenvalue weighted by Gasteiger charge is -2.27. The normalized spacial score (nSPS) is 15.8. The number of aliphatic carboxylic acids is 2. The summed E-state index contributed by atoms with van der Waals surface area (Å²) in [5.74, 6) is -5.30. The van der Waals surface area contributed by atoms with E-state index in [-0.39, 0.29) is 19.3 Å². The Morgan fingerprint density at radius 2 is 1.59 bits per heavy atom. The molecule has 0 spiro atoms. The summed E-state index contributed by atoms with van der Waals surface area (Å²) in [6.07, 6.45) is 0.203. The molecule has 2 rings (SSSR count). The number of aromatic nitrogens is 1. The number of carbonyl (C=O) groups excluding carboxylic acids is 3. The van der Waals surface area contributed by atoms with Gasteiger partial charge >= 0.3 is 11.9 Å². The van der Waals surface area contributed by atoms with Crippen LogP contribution in [0.25, 0.3) is 10.9 Å². The second-order valence-electron chi connectivity index (χ2n) is 9.60. The molecule has 9 N–H and O–H groups in total. The number of hydrogen-bond donors (Lipinski definition) is 8. The van der Waals surface area contributed by atoms with Gasteiger partial charge in [-0.05, 0) is 30.9 Å². The molecule has 6 atom stereocenters. The van der Waals surface area contributed by atoms with Gasteiger partial charge in [-0.1, -0.05) is 38.5 Å². The molecular formula is C26H37N5O8. The Bertz CT molecular complexity index is 1180. The molecule has 1 heterocycles. The van der Waals surface area contributed by atoms with E-state index in [2.05, 4.69) is 20.9 Å². The average molecular weight is 548 g/mol. The van der Waals surface area contributed by atoms with Gasteiger partial charge in [0.25, 0.3) is 0 Å². The smallest absolute Gasteiger partial charge is 0.326 e. The zero-order valence-corrected chi connectivity index (χ0v) is 22.1. The van der Waals surface area contributed by atoms with Crippen LogP contribution in [0.2, 0.25) is 0 Å². The molecule has 13 heteroatoms. The van der Waals surface area contributed by atoms with Crippen molar-refractivity contribution in [1.29, 1.82) is 0 Å². The summed E-state index contributed by atoms with van der Waals surface area (Å²) in [6.45, 7) is 4.67. The Morgan fingerprint density at radius 1 is 0.949 bits per heavy atom. The van der Waals surface area contributed by atoms with Crippen molar-refractivity contribution >= 4 is 40.6 Å². The predicted octanol–water partition coefficient (Wildman–Crippen LogP) is -0.132. The lowest BCUT2D eigenvalue weighted by molar-refractivity contribution is -0.144. The van der Waals surface area contributed by atoms with E-state index < -0.39 is 65.8 Å². The van der Waals surface area contributed by atoms with Gasteiger partial charge in [0.2, 0.25) is 17.7 Å². The van der Waals surface area contributed by atoms with Crippen LogP contribution in [0.4, 0.5) is 0 Å². The number of carboxylic acid groups (broad SMARTS) is 2. The van der Waals surface area contributed by atoms with Crippen molar-refractivity contribution in [2.45, 2.75) is 76.7 Å². The number of aliphatic hydroxyl groups excluding tert-OH is 1. The zero-order valence-electron chi connectivity index (χ0n) is 22.1. The first-order valence-corrected chi connectivity index (χ1v) is 12.7. The topological polar surface area (TPSA) is 224 Å². The Balaban J connectivity index is 2.29. The van der Waals surface area contributed by atoms with Crippen molar-refractivity contribution in [3.63, 3.8) is 0 Å². The number of hydrogen-bond acceptors (Lipinski definition) is 7. The summed E-state index contributed by atoms with van der Waals surface area (Å²) >= 11 is 0. The molecule has 1 aromatic heterocycles. The summed E-state index contributed by atoms with van der Waals surface area (Å²) in [5, 5.41) is 36.8. The highest BCUT2D eigenvalue weighted by Gasteiger charge is 2.34. The van der Waals surface area contributed by atoms with Gasteiger partial charge in [-0.25, -0.2) is 4.79 Å². The lowest BCUT2D eigenvalue weighted by Crippen LogP contribution is -2.60. The van der Waals surface area contributed by atoms with Gasteiger partial charge in [0.15, 0.2) is 0 Å². The number of aliphatic hydroxyl groups is 1. The Kier molecular flexibility index (Phi) is 11.4. The summed E-state index contributed by atoms with van der Waals surface area (Å²) in [6, 6.07) is 2.06. The van der Waals surface area contributed by atoms with Crippen molar-refractivity contribution < 1.29 is 39.3 Å². The van der Waals surface area contributed by atoms with E-state index in [1.165, 1.54) is 6.92 Å². The minimum absolute atomic E-state index is 0.0218. The maximum atomic E-state index is 13.4. The van der Waals surface area contributed by atoms with Gasteiger partial charge < -0.3 is 42.0 Å². The summed E-state index contributed by atoms with van der Waals surface area (Å²) < 4.78 is 0. The highest BCUT2D eigenvalue weighted by molar-refractivity contribution is 5.95. The molecule has 0 fully saturated rings. The minimum atomic E-state index is -1.52. The van der Waals surface area contributed by atoms with Crippen LogP contribution in [0.15, 0.2) is 30.5 Å². The minimum Gasteiger partial charge on any atom is -0.481 e. The van der Waals surface area contributed by atoms with Crippen LogP contribution in [0.5, 0.6) is 0 Å². The highest BCUT2D eigenvalue weighted by atomic mass is 16.4. The van der Waals surface area contributed by atoms with Gasteiger partial charge in [0, 0.05) is 29.9 Å². The molecule has 0 radical (unpaired) electrons. The van der Waals surface area contributed by atoms with Crippen molar-refractivity contribution in [2.24, 2.45) is 11.7 Å². The molecule has 0 aliphatic carbocycles. The Morgan fingerprint density at radius 3 is 2.18 bits per heavy atom. The van der Waals surface area contributed by atoms with Crippen LogP contribution in [-0.4, -0.2) is 80.2 Å². The molecule has 0 saturated carbocycles. The molecule has 214 valence electrons. The number of benzene rings is 1. The maximum Gasteiger partial charge on any atom is 0.326 e. The predicted molar refractivity (Wildman–Crippen MR) is 141 cm³/mol. The zero-order chi connectivity index (χ0) is 29.3. The third kappa shape index (κ3) is 8.79. The van der Waals surface area contributed by atoms with Gasteiger partial charge in [-0.15, -0.1) is 0 Å². The van der Waals surface area contributed by atoms with Crippen LogP contribution in [0, 0.1) is 5.92 Å². The molecule has 13 nitrogen and oxygen atoms in total. The first-order chi connectivity index (χ1) is 18.3. The van der Waals surface area contributed by atoms with Gasteiger partial charge in [-0.3, -0.25) is 19.2 Å². The molecular weight excluding hydrogens is 510 g/mol. The molecule has 0 aliphatic rings. The van der Waals surface area contributed by atoms with Gasteiger partial charge in [0.05, 0.1) is 12.1 Å². The molecule has 6 unspecified atom stereocenters. The van der Waals surface area contributed by atoms with Crippen LogP contribution in [-0.2, 0) is 30.4 Å². The van der Waals surface area contributed by atoms with E-state index in [0.29, 0.717) is 12.0 Å². The molecule has 0 saturated heterocycles. The Labute approximate surface area is 225 Å². The molecule has 0 aliphatic heterocycles. The first-order valence-electron chi connectivity index (χ1n) is 12.7. The number of H-pyrrole nitrogens is 1. The van der Waals surface area contributed by atoms with E-state index in [9.17, 15) is 34.2 Å². The average Bonchev–Trinajstić information content (AvgIpc) is 3.29. The van der Waals surface area contributed by atoms with Crippen molar-refractivity contribution in [3.05, 3.63) is 36.0 Å². The van der Waals surface area contributed by atoms with Crippen molar-refractivity contribution in [1.82, 2.24) is 20.9 Å². The van der Waals surface area contributed by atoms with E-state index in [1.54, 1.807) is 26.1 Å². The summed E-state index contributed by atoms with van der Waals surface area (Å²) in [7, 11) is 0. The SMILES string of the molecule is CCC(C)C(NC(=O)C(NC(=O)C(Cc1c[nH]c2ccccc12)NC(=O)C(N)CCC(=O)O)C(C)O)C(=O)O. The number of aromatic amines is 1. The third-order valence-corrected chi connectivity index (χ3v) is 6.58. The molecule has 2 aromatic rings. The van der Waals surface area contributed by atoms with Gasteiger partial charge in [0.1, 0.15) is 18.1 Å². The fourth-order valence-electron chi connectivity index (χ4n) is 4.00. The number of carbonyl (C=O) groups is 5. The monoisotopic (exact) mass is 547 g/mol. The molecule has 1 aromatic carbocycles. The van der Waals surface area contributed by atoms with Crippen LogP contribution >= 0.6 is 0 Å². The number of amides is 3. The Hall–Kier alpha value is -3.97. The second-order valence-corrected chi connectivity index (χ2v) is 9.60. The summed E-state index contributed by atoms with van der Waals surface area (Å²) in [4.78, 5) is 64.6. The number of nitrogens with one attached hydrogen (secondary N) is 4. The van der Waals surface area contributed by atoms with E-state index >= 15 is 0 Å². The van der Waals surface area contributed by atoms with Crippen molar-refractivity contribution in [3.8, 4) is 0 Å². The second kappa shape index (κ2) is 14.3. The number of rotatable bonds is 15. The van der Waals surface area contributed by atoms with Crippen molar-refractivity contribution in [2.75, 3.05) is 0 Å². The van der Waals surface area contributed by atoms with Crippen LogP contribution in [0.1, 0.15) is 45.6 Å². The number of para-hydroxylation sites is 1. The molecule has 0 bridgehead atoms. The number of fused-ring (bicyclic) bond motifs is 1. The quantitative estimate of drug-likeness (QED) is 0.148. The van der Waals surface area contributed by atoms with E-state index in [1.807, 2.05) is 18.2 Å². The molecule has 39 heavy (non-hydrogen) atoms. The summed E-state index contributed by atoms with van der Waals surface area (Å²) in [5.41, 5.74) is 7.29. The number of carboxylic acids is 2. The number of nitrogens with two attached hydrogens (primary N) is 1. The van der Waals surface area contributed by atoms with Gasteiger partial charge in [-0.2, -0.15) is 0 Å².